The first-order valence-electron chi connectivity index (χ1n) is 3.18. The van der Waals surface area contributed by atoms with Crippen LogP contribution >= 0.6 is 0 Å². The summed E-state index contributed by atoms with van der Waals surface area (Å²) < 4.78 is 25.8. The van der Waals surface area contributed by atoms with E-state index in [1.54, 1.807) is 0 Å². The van der Waals surface area contributed by atoms with Crippen LogP contribution in [0.1, 0.15) is 0 Å². The van der Waals surface area contributed by atoms with Crippen LogP contribution in [0.15, 0.2) is 18.2 Å². The lowest BCUT2D eigenvalue weighted by Crippen LogP contribution is -2.00. The van der Waals surface area contributed by atoms with Crippen LogP contribution in [-0.4, -0.2) is 15.6 Å². The zero-order valence-corrected chi connectivity index (χ0v) is 7.19. The van der Waals surface area contributed by atoms with E-state index in [2.05, 4.69) is 4.72 Å². The van der Waals surface area contributed by atoms with Crippen molar-refractivity contribution in [1.82, 2.24) is 0 Å². The smallest absolute Gasteiger partial charge is 0.166 e. The van der Waals surface area contributed by atoms with Crippen LogP contribution in [0.4, 0.5) is 10.1 Å². The first kappa shape index (κ1) is 8.99. The lowest BCUT2D eigenvalue weighted by molar-refractivity contribution is 0.432. The predicted molar refractivity (Wildman–Crippen MR) is 45.8 cm³/mol. The molecule has 1 rings (SSSR count). The molecule has 0 fully saturated rings. The van der Waals surface area contributed by atoms with Gasteiger partial charge in [-0.05, 0) is 12.1 Å². The molecule has 0 spiro atoms. The Morgan fingerprint density at radius 3 is 2.75 bits per heavy atom. The Labute approximate surface area is 71.8 Å². The Morgan fingerprint density at radius 1 is 1.58 bits per heavy atom. The number of anilines is 1. The lowest BCUT2D eigenvalue weighted by Gasteiger charge is -2.02. The molecule has 1 atom stereocenters. The molecule has 0 radical (unpaired) electrons. The third kappa shape index (κ3) is 2.20. The molecule has 0 heterocycles. The maximum absolute atomic E-state index is 12.6. The van der Waals surface area contributed by atoms with Crippen molar-refractivity contribution in [2.45, 2.75) is 0 Å². The topological polar surface area (TPSA) is 49.3 Å². The van der Waals surface area contributed by atoms with Gasteiger partial charge in [-0.1, -0.05) is 0 Å². The Balaban J connectivity index is 2.89. The molecule has 5 heteroatoms. The van der Waals surface area contributed by atoms with Crippen molar-refractivity contribution >= 4 is 16.7 Å². The Bertz CT molecular complexity index is 316. The van der Waals surface area contributed by atoms with Crippen molar-refractivity contribution < 1.29 is 13.7 Å². The third-order valence-electron chi connectivity index (χ3n) is 1.21. The van der Waals surface area contributed by atoms with Gasteiger partial charge in [-0.25, -0.2) is 8.60 Å². The number of rotatable bonds is 2. The number of phenolic OH excluding ortho intramolecular Hbond substituents is 1. The van der Waals surface area contributed by atoms with Crippen molar-refractivity contribution in [2.75, 3.05) is 11.0 Å². The van der Waals surface area contributed by atoms with Gasteiger partial charge in [-0.3, -0.25) is 0 Å². The zero-order valence-electron chi connectivity index (χ0n) is 6.37. The Kier molecular flexibility index (Phi) is 2.65. The molecule has 1 aromatic rings. The number of halogens is 1. The van der Waals surface area contributed by atoms with Gasteiger partial charge in [-0.2, -0.15) is 0 Å². The maximum atomic E-state index is 12.6. The predicted octanol–water partition coefficient (Wildman–Crippen LogP) is 1.24. The molecule has 0 bridgehead atoms. The van der Waals surface area contributed by atoms with Crippen LogP contribution in [0.25, 0.3) is 0 Å². The summed E-state index contributed by atoms with van der Waals surface area (Å²) in [5, 5.41) is 8.80. The average molecular weight is 189 g/mol. The van der Waals surface area contributed by atoms with Crippen LogP contribution in [0.2, 0.25) is 0 Å². The van der Waals surface area contributed by atoms with Crippen molar-refractivity contribution in [2.24, 2.45) is 0 Å². The normalized spacial score (nSPS) is 12.5. The van der Waals surface area contributed by atoms with Crippen molar-refractivity contribution in [3.63, 3.8) is 0 Å². The summed E-state index contributed by atoms with van der Waals surface area (Å²) >= 11 is 0. The van der Waals surface area contributed by atoms with Gasteiger partial charge in [0.1, 0.15) is 11.0 Å². The minimum atomic E-state index is -1.23. The highest BCUT2D eigenvalue weighted by Gasteiger charge is 2.01. The number of nitrogens with one attached hydrogen (secondary N) is 1. The summed E-state index contributed by atoms with van der Waals surface area (Å²) in [4.78, 5) is 0. The number of phenols is 1. The van der Waals surface area contributed by atoms with Gasteiger partial charge < -0.3 is 9.83 Å². The molecule has 3 nitrogen and oxygen atoms in total. The Hall–Kier alpha value is -1.10. The van der Waals surface area contributed by atoms with Gasteiger partial charge in [0, 0.05) is 18.0 Å². The molecule has 0 aliphatic carbocycles. The standard InChI is InChI=1S/C7H8FNO2S/c1-12(11)9-5-2-3-7(10)6(8)4-5/h2-4,9-10H,1H3. The molecular weight excluding hydrogens is 181 g/mol. The molecule has 0 amide bonds. The van der Waals surface area contributed by atoms with Gasteiger partial charge in [0.05, 0.1) is 0 Å². The van der Waals surface area contributed by atoms with Gasteiger partial charge in [0.15, 0.2) is 11.6 Å². The molecule has 12 heavy (non-hydrogen) atoms. The van der Waals surface area contributed by atoms with Gasteiger partial charge in [-0.15, -0.1) is 0 Å². The average Bonchev–Trinajstić information content (AvgIpc) is 1.96. The van der Waals surface area contributed by atoms with E-state index in [0.29, 0.717) is 5.69 Å². The molecule has 66 valence electrons. The molecule has 0 saturated heterocycles. The fourth-order valence-electron chi connectivity index (χ4n) is 0.736. The van der Waals surface area contributed by atoms with E-state index in [1.807, 2.05) is 0 Å². The molecule has 0 aromatic heterocycles. The summed E-state index contributed by atoms with van der Waals surface area (Å²) in [6.07, 6.45) is 1.44. The highest BCUT2D eigenvalue weighted by molar-refractivity contribution is 7.85. The van der Waals surface area contributed by atoms with Gasteiger partial charge in [0.2, 0.25) is 0 Å². The second kappa shape index (κ2) is 3.53. The van der Waals surface area contributed by atoms with Crippen LogP contribution in [0, 0.1) is 5.82 Å². The van der Waals surface area contributed by atoms with E-state index < -0.39 is 22.6 Å². The molecular formula is C7H8FNO2S. The number of benzene rings is 1. The molecule has 1 aromatic carbocycles. The lowest BCUT2D eigenvalue weighted by atomic mass is 10.3. The molecule has 0 aliphatic heterocycles. The largest absolute Gasteiger partial charge is 0.505 e. The fourth-order valence-corrected chi connectivity index (χ4v) is 1.20. The molecule has 0 saturated carbocycles. The summed E-state index contributed by atoms with van der Waals surface area (Å²) in [5.41, 5.74) is 0.381. The summed E-state index contributed by atoms with van der Waals surface area (Å²) in [7, 11) is -1.23. The second-order valence-electron chi connectivity index (χ2n) is 2.22. The van der Waals surface area contributed by atoms with Gasteiger partial charge in [0.25, 0.3) is 0 Å². The molecule has 0 aliphatic rings. The Morgan fingerprint density at radius 2 is 2.25 bits per heavy atom. The van der Waals surface area contributed by atoms with E-state index >= 15 is 0 Å². The minimum absolute atomic E-state index is 0.381. The number of aromatic hydroxyl groups is 1. The maximum Gasteiger partial charge on any atom is 0.166 e. The van der Waals surface area contributed by atoms with E-state index in [0.717, 1.165) is 6.07 Å². The second-order valence-corrected chi connectivity index (χ2v) is 3.33. The van der Waals surface area contributed by atoms with Crippen molar-refractivity contribution in [1.29, 1.82) is 0 Å². The minimum Gasteiger partial charge on any atom is -0.505 e. The first-order valence-corrected chi connectivity index (χ1v) is 4.74. The summed E-state index contributed by atoms with van der Waals surface area (Å²) in [5.74, 6) is -1.15. The summed E-state index contributed by atoms with van der Waals surface area (Å²) in [6.45, 7) is 0. The van der Waals surface area contributed by atoms with E-state index in [4.69, 9.17) is 5.11 Å². The molecule has 1 unspecified atom stereocenters. The third-order valence-corrected chi connectivity index (χ3v) is 1.73. The van der Waals surface area contributed by atoms with E-state index in [-0.39, 0.29) is 0 Å². The van der Waals surface area contributed by atoms with Gasteiger partial charge >= 0.3 is 0 Å². The number of hydrogen-bond donors (Lipinski definition) is 2. The van der Waals surface area contributed by atoms with Crippen LogP contribution < -0.4 is 4.72 Å². The first-order chi connectivity index (χ1) is 5.59. The summed E-state index contributed by atoms with van der Waals surface area (Å²) in [6, 6.07) is 3.72. The zero-order chi connectivity index (χ0) is 9.14. The quantitative estimate of drug-likeness (QED) is 0.687. The van der Waals surface area contributed by atoms with Crippen molar-refractivity contribution in [3.8, 4) is 5.75 Å². The monoisotopic (exact) mass is 189 g/mol. The SMILES string of the molecule is CS(=O)Nc1ccc(O)c(F)c1. The highest BCUT2D eigenvalue weighted by atomic mass is 32.2. The van der Waals surface area contributed by atoms with Crippen LogP contribution in [0.3, 0.4) is 0 Å². The van der Waals surface area contributed by atoms with E-state index in [9.17, 15) is 8.60 Å². The fraction of sp³-hybridized carbons (Fsp3) is 0.143. The van der Waals surface area contributed by atoms with Crippen molar-refractivity contribution in [3.05, 3.63) is 24.0 Å². The number of hydrogen-bond acceptors (Lipinski definition) is 2. The van der Waals surface area contributed by atoms with E-state index in [1.165, 1.54) is 18.4 Å². The van der Waals surface area contributed by atoms with Crippen LogP contribution in [-0.2, 0) is 11.0 Å². The highest BCUT2D eigenvalue weighted by Crippen LogP contribution is 2.19. The van der Waals surface area contributed by atoms with Crippen LogP contribution in [0.5, 0.6) is 5.75 Å². The molecule has 2 N–H and O–H groups in total.